The summed E-state index contributed by atoms with van der Waals surface area (Å²) in [6, 6.07) is -0.406. The lowest BCUT2D eigenvalue weighted by molar-refractivity contribution is -0.128. The van der Waals surface area contributed by atoms with Gasteiger partial charge in [0.1, 0.15) is 11.7 Å². The van der Waals surface area contributed by atoms with Crippen molar-refractivity contribution in [3.63, 3.8) is 0 Å². The van der Waals surface area contributed by atoms with Crippen molar-refractivity contribution in [2.24, 2.45) is 5.92 Å². The van der Waals surface area contributed by atoms with Crippen LogP contribution in [-0.2, 0) is 11.3 Å². The highest BCUT2D eigenvalue weighted by molar-refractivity contribution is 5.96. The molecule has 7 nitrogen and oxygen atoms in total. The lowest BCUT2D eigenvalue weighted by atomic mass is 10.00. The summed E-state index contributed by atoms with van der Waals surface area (Å²) in [6.07, 6.45) is 2.12. The lowest BCUT2D eigenvalue weighted by Gasteiger charge is -2.35. The number of hydrogen-bond donors (Lipinski definition) is 1. The van der Waals surface area contributed by atoms with Crippen molar-refractivity contribution in [2.45, 2.75) is 39.8 Å². The zero-order valence-electron chi connectivity index (χ0n) is 12.2. The summed E-state index contributed by atoms with van der Waals surface area (Å²) in [7, 11) is 0. The molecule has 1 aliphatic heterocycles. The van der Waals surface area contributed by atoms with Crippen LogP contribution in [0.2, 0.25) is 0 Å². The molecule has 1 aliphatic rings. The van der Waals surface area contributed by atoms with Crippen molar-refractivity contribution in [1.29, 1.82) is 0 Å². The summed E-state index contributed by atoms with van der Waals surface area (Å²) in [4.78, 5) is 26.3. The van der Waals surface area contributed by atoms with Crippen LogP contribution in [0.1, 0.15) is 37.7 Å². The fourth-order valence-electron chi connectivity index (χ4n) is 2.44. The summed E-state index contributed by atoms with van der Waals surface area (Å²) in [5, 5.41) is 10.5. The Morgan fingerprint density at radius 2 is 2.30 bits per heavy atom. The quantitative estimate of drug-likeness (QED) is 0.858. The van der Waals surface area contributed by atoms with Gasteiger partial charge in [0.2, 0.25) is 5.91 Å². The number of carbonyl (C=O) groups excluding carboxylic acids is 2. The van der Waals surface area contributed by atoms with Crippen LogP contribution in [0.25, 0.3) is 0 Å². The third-order valence-electron chi connectivity index (χ3n) is 3.42. The van der Waals surface area contributed by atoms with Crippen molar-refractivity contribution in [1.82, 2.24) is 25.2 Å². The van der Waals surface area contributed by atoms with E-state index in [4.69, 9.17) is 0 Å². The Bertz CT molecular complexity index is 497. The fraction of sp³-hybridized carbons (Fsp3) is 0.692. The maximum Gasteiger partial charge on any atom is 0.274 e. The zero-order chi connectivity index (χ0) is 14.7. The molecule has 0 aromatic carbocycles. The molecule has 2 amide bonds. The molecule has 0 bridgehead atoms. The van der Waals surface area contributed by atoms with Gasteiger partial charge in [-0.15, -0.1) is 5.10 Å². The smallest absolute Gasteiger partial charge is 0.274 e. The molecule has 0 spiro atoms. The Hall–Kier alpha value is -1.92. The molecule has 110 valence electrons. The van der Waals surface area contributed by atoms with Crippen molar-refractivity contribution in [3.05, 3.63) is 11.9 Å². The summed E-state index contributed by atoms with van der Waals surface area (Å²) >= 11 is 0. The van der Waals surface area contributed by atoms with Gasteiger partial charge in [-0.05, 0) is 19.3 Å². The molecular formula is C13H21N5O2. The minimum absolute atomic E-state index is 0.0752. The maximum absolute atomic E-state index is 12.6. The molecule has 1 atom stereocenters. The number of hydrogen-bond acceptors (Lipinski definition) is 4. The Morgan fingerprint density at radius 1 is 1.55 bits per heavy atom. The van der Waals surface area contributed by atoms with E-state index in [0.717, 1.165) is 0 Å². The molecule has 1 unspecified atom stereocenters. The SMILES string of the molecule is CCn1nncc1C(=O)N1CCNC(=O)C1CC(C)C. The van der Waals surface area contributed by atoms with Gasteiger partial charge in [0, 0.05) is 19.6 Å². The number of amides is 2. The number of aryl methyl sites for hydroxylation is 1. The van der Waals surface area contributed by atoms with E-state index in [9.17, 15) is 9.59 Å². The molecule has 7 heteroatoms. The minimum Gasteiger partial charge on any atom is -0.353 e. The first kappa shape index (κ1) is 14.5. The number of nitrogens with zero attached hydrogens (tertiary/aromatic N) is 4. The highest BCUT2D eigenvalue weighted by Gasteiger charge is 2.35. The van der Waals surface area contributed by atoms with Gasteiger partial charge in [0.25, 0.3) is 5.91 Å². The van der Waals surface area contributed by atoms with E-state index in [1.54, 1.807) is 9.58 Å². The summed E-state index contributed by atoms with van der Waals surface area (Å²) in [6.45, 7) is 7.59. The number of aromatic nitrogens is 3. The minimum atomic E-state index is -0.406. The number of piperazine rings is 1. The van der Waals surface area contributed by atoms with Crippen LogP contribution in [0.5, 0.6) is 0 Å². The zero-order valence-corrected chi connectivity index (χ0v) is 12.2. The molecule has 2 heterocycles. The molecule has 20 heavy (non-hydrogen) atoms. The van der Waals surface area contributed by atoms with Gasteiger partial charge in [-0.1, -0.05) is 19.1 Å². The predicted octanol–water partition coefficient (Wildman–Crippen LogP) is 0.285. The second-order valence-electron chi connectivity index (χ2n) is 5.37. The molecule has 1 aromatic heterocycles. The van der Waals surface area contributed by atoms with Gasteiger partial charge in [-0.2, -0.15) is 0 Å². The molecule has 0 radical (unpaired) electrons. The van der Waals surface area contributed by atoms with Gasteiger partial charge in [-0.3, -0.25) is 9.59 Å². The second kappa shape index (κ2) is 6.02. The summed E-state index contributed by atoms with van der Waals surface area (Å²) < 4.78 is 1.56. The molecule has 1 N–H and O–H groups in total. The van der Waals surface area contributed by atoms with E-state index in [-0.39, 0.29) is 11.8 Å². The van der Waals surface area contributed by atoms with Gasteiger partial charge in [0.15, 0.2) is 0 Å². The molecule has 1 aromatic rings. The fourth-order valence-corrected chi connectivity index (χ4v) is 2.44. The van der Waals surface area contributed by atoms with Crippen LogP contribution in [0, 0.1) is 5.92 Å². The van der Waals surface area contributed by atoms with Crippen LogP contribution in [0.4, 0.5) is 0 Å². The van der Waals surface area contributed by atoms with Crippen LogP contribution in [0.15, 0.2) is 6.20 Å². The first-order valence-corrected chi connectivity index (χ1v) is 7.01. The number of carbonyl (C=O) groups is 2. The standard InChI is InChI=1S/C13H21N5O2/c1-4-18-11(8-15-16-18)13(20)17-6-5-14-12(19)10(17)7-9(2)3/h8-10H,4-7H2,1-3H3,(H,14,19). The maximum atomic E-state index is 12.6. The molecule has 0 aliphatic carbocycles. The van der Waals surface area contributed by atoms with E-state index in [1.165, 1.54) is 6.20 Å². The van der Waals surface area contributed by atoms with Crippen LogP contribution >= 0.6 is 0 Å². The molecule has 0 saturated carbocycles. The van der Waals surface area contributed by atoms with Crippen molar-refractivity contribution < 1.29 is 9.59 Å². The van der Waals surface area contributed by atoms with E-state index in [1.807, 2.05) is 20.8 Å². The average molecular weight is 279 g/mol. The Kier molecular flexibility index (Phi) is 4.36. The van der Waals surface area contributed by atoms with Crippen molar-refractivity contribution >= 4 is 11.8 Å². The van der Waals surface area contributed by atoms with E-state index < -0.39 is 6.04 Å². The average Bonchev–Trinajstić information content (AvgIpc) is 2.88. The largest absolute Gasteiger partial charge is 0.353 e. The third kappa shape index (κ3) is 2.81. The monoisotopic (exact) mass is 279 g/mol. The van der Waals surface area contributed by atoms with Crippen LogP contribution in [-0.4, -0.2) is 50.8 Å². The van der Waals surface area contributed by atoms with Crippen LogP contribution < -0.4 is 5.32 Å². The molecule has 1 saturated heterocycles. The van der Waals surface area contributed by atoms with E-state index in [2.05, 4.69) is 15.6 Å². The van der Waals surface area contributed by atoms with Gasteiger partial charge < -0.3 is 10.2 Å². The Labute approximate surface area is 118 Å². The predicted molar refractivity (Wildman–Crippen MR) is 73.0 cm³/mol. The Balaban J connectivity index is 2.23. The normalized spacial score (nSPS) is 19.3. The molecular weight excluding hydrogens is 258 g/mol. The molecule has 1 fully saturated rings. The lowest BCUT2D eigenvalue weighted by Crippen LogP contribution is -2.57. The van der Waals surface area contributed by atoms with Gasteiger partial charge >= 0.3 is 0 Å². The number of nitrogens with one attached hydrogen (secondary N) is 1. The van der Waals surface area contributed by atoms with E-state index >= 15 is 0 Å². The Morgan fingerprint density at radius 3 is 2.95 bits per heavy atom. The topological polar surface area (TPSA) is 80.1 Å². The number of rotatable bonds is 4. The summed E-state index contributed by atoms with van der Waals surface area (Å²) in [5.41, 5.74) is 0.441. The van der Waals surface area contributed by atoms with Crippen molar-refractivity contribution in [3.8, 4) is 0 Å². The van der Waals surface area contributed by atoms with Gasteiger partial charge in [-0.25, -0.2) is 4.68 Å². The molecule has 2 rings (SSSR count). The van der Waals surface area contributed by atoms with Gasteiger partial charge in [0.05, 0.1) is 6.20 Å². The van der Waals surface area contributed by atoms with Crippen LogP contribution in [0.3, 0.4) is 0 Å². The first-order chi connectivity index (χ1) is 9.54. The summed E-state index contributed by atoms with van der Waals surface area (Å²) in [5.74, 6) is 0.0968. The van der Waals surface area contributed by atoms with E-state index in [0.29, 0.717) is 37.7 Å². The second-order valence-corrected chi connectivity index (χ2v) is 5.37. The third-order valence-corrected chi connectivity index (χ3v) is 3.42. The van der Waals surface area contributed by atoms with Crippen molar-refractivity contribution in [2.75, 3.05) is 13.1 Å². The first-order valence-electron chi connectivity index (χ1n) is 7.01. The highest BCUT2D eigenvalue weighted by atomic mass is 16.2. The highest BCUT2D eigenvalue weighted by Crippen LogP contribution is 2.17.